The molecule has 0 saturated carbocycles. The molecule has 0 amide bonds. The Morgan fingerprint density at radius 2 is 1.91 bits per heavy atom. The summed E-state index contributed by atoms with van der Waals surface area (Å²) in [5.74, 6) is -0.205. The van der Waals surface area contributed by atoms with Crippen molar-refractivity contribution in [1.29, 1.82) is 0 Å². The van der Waals surface area contributed by atoms with E-state index in [1.807, 2.05) is 30.3 Å². The molecule has 9 nitrogen and oxygen atoms in total. The van der Waals surface area contributed by atoms with Gasteiger partial charge in [0.1, 0.15) is 30.5 Å². The zero-order valence-corrected chi connectivity index (χ0v) is 19.2. The molecule has 2 atom stereocenters. The normalized spacial score (nSPS) is 19.9. The van der Waals surface area contributed by atoms with Gasteiger partial charge in [-0.25, -0.2) is 9.59 Å². The molecule has 1 aliphatic carbocycles. The molecule has 0 radical (unpaired) electrons. The second-order valence-corrected chi connectivity index (χ2v) is 7.77. The van der Waals surface area contributed by atoms with Gasteiger partial charge in [0.2, 0.25) is 0 Å². The molecule has 0 bridgehead atoms. The van der Waals surface area contributed by atoms with Gasteiger partial charge in [0.15, 0.2) is 0 Å². The molecule has 1 aromatic rings. The van der Waals surface area contributed by atoms with E-state index in [1.165, 1.54) is 19.3 Å². The lowest BCUT2D eigenvalue weighted by Gasteiger charge is -2.35. The minimum Gasteiger partial charge on any atom is -0.493 e. The second-order valence-electron chi connectivity index (χ2n) is 7.77. The molecule has 0 saturated heterocycles. The number of esters is 1. The summed E-state index contributed by atoms with van der Waals surface area (Å²) in [6, 6.07) is 9.21. The molecule has 0 fully saturated rings. The summed E-state index contributed by atoms with van der Waals surface area (Å²) >= 11 is 0. The molecule has 178 valence electrons. The molecule has 1 aliphatic heterocycles. The number of ether oxygens (including phenoxy) is 3. The third-order valence-corrected chi connectivity index (χ3v) is 5.57. The van der Waals surface area contributed by atoms with Crippen LogP contribution in [-0.2, 0) is 30.4 Å². The summed E-state index contributed by atoms with van der Waals surface area (Å²) in [6.07, 6.45) is 4.37. The van der Waals surface area contributed by atoms with Crippen LogP contribution in [0.1, 0.15) is 19.4 Å². The van der Waals surface area contributed by atoms with E-state index < -0.39 is 22.7 Å². The van der Waals surface area contributed by atoms with Crippen molar-refractivity contribution in [3.63, 3.8) is 0 Å². The molecule has 2 unspecified atom stereocenters. The minimum absolute atomic E-state index is 0.0443. The highest BCUT2D eigenvalue weighted by Gasteiger charge is 2.43. The monoisotopic (exact) mass is 466 g/mol. The summed E-state index contributed by atoms with van der Waals surface area (Å²) in [7, 11) is 1.53. The molecule has 0 spiro atoms. The number of nitrogens with one attached hydrogen (secondary N) is 1. The quantitative estimate of drug-likeness (QED) is 0.194. The standard InChI is InChI=1S/C25H26N2O7/c1-16-22(25(29)34-15-18-8-5-4-6-9-18)23(24(17(2)26-16)33-13-12-32-3)19-10-7-11-21(27(30)31)20(19)14-28/h4-11,19,23,26H,12-13,15H2,1-3H3. The lowest BCUT2D eigenvalue weighted by atomic mass is 9.75. The van der Waals surface area contributed by atoms with Crippen molar-refractivity contribution in [2.45, 2.75) is 20.5 Å². The summed E-state index contributed by atoms with van der Waals surface area (Å²) in [5, 5.41) is 14.7. The van der Waals surface area contributed by atoms with E-state index in [9.17, 15) is 19.7 Å². The van der Waals surface area contributed by atoms with Gasteiger partial charge in [0.05, 0.1) is 28.7 Å². The van der Waals surface area contributed by atoms with Crippen LogP contribution in [0.5, 0.6) is 0 Å². The van der Waals surface area contributed by atoms with Gasteiger partial charge in [-0.15, -0.1) is 0 Å². The van der Waals surface area contributed by atoms with Crippen LogP contribution in [0.15, 0.2) is 82.6 Å². The Balaban J connectivity index is 2.01. The van der Waals surface area contributed by atoms with E-state index in [-0.39, 0.29) is 36.7 Å². The van der Waals surface area contributed by atoms with Gasteiger partial charge in [-0.1, -0.05) is 42.5 Å². The number of hydrogen-bond acceptors (Lipinski definition) is 8. The number of rotatable bonds is 9. The van der Waals surface area contributed by atoms with Gasteiger partial charge in [-0.2, -0.15) is 0 Å². The van der Waals surface area contributed by atoms with Crippen molar-refractivity contribution in [1.82, 2.24) is 5.32 Å². The highest BCUT2D eigenvalue weighted by molar-refractivity contribution is 5.91. The first kappa shape index (κ1) is 24.7. The van der Waals surface area contributed by atoms with Gasteiger partial charge < -0.3 is 19.5 Å². The van der Waals surface area contributed by atoms with Crippen molar-refractivity contribution in [2.75, 3.05) is 20.3 Å². The lowest BCUT2D eigenvalue weighted by molar-refractivity contribution is -0.421. The van der Waals surface area contributed by atoms with Gasteiger partial charge >= 0.3 is 5.97 Å². The zero-order chi connectivity index (χ0) is 24.7. The van der Waals surface area contributed by atoms with Crippen molar-refractivity contribution in [3.05, 3.63) is 98.2 Å². The van der Waals surface area contributed by atoms with E-state index in [1.54, 1.807) is 25.9 Å². The van der Waals surface area contributed by atoms with Gasteiger partial charge in [0.25, 0.3) is 5.70 Å². The van der Waals surface area contributed by atoms with Crippen molar-refractivity contribution < 1.29 is 28.7 Å². The molecule has 34 heavy (non-hydrogen) atoms. The molecular weight excluding hydrogens is 440 g/mol. The molecule has 2 aliphatic rings. The number of nitrogens with zero attached hydrogens (tertiary/aromatic N) is 1. The smallest absolute Gasteiger partial charge is 0.336 e. The average molecular weight is 466 g/mol. The summed E-state index contributed by atoms with van der Waals surface area (Å²) < 4.78 is 16.6. The molecule has 3 rings (SSSR count). The van der Waals surface area contributed by atoms with Crippen LogP contribution in [0.3, 0.4) is 0 Å². The number of hydrogen-bond donors (Lipinski definition) is 1. The number of allylic oxidation sites excluding steroid dienone is 7. The minimum atomic E-state index is -0.855. The van der Waals surface area contributed by atoms with Crippen LogP contribution in [0.25, 0.3) is 0 Å². The Bertz CT molecular complexity index is 1130. The van der Waals surface area contributed by atoms with Gasteiger partial charge in [-0.3, -0.25) is 10.1 Å². The van der Waals surface area contributed by atoms with Gasteiger partial charge in [-0.05, 0) is 19.4 Å². The van der Waals surface area contributed by atoms with Gasteiger partial charge in [0, 0.05) is 24.8 Å². The maximum absolute atomic E-state index is 13.3. The molecular formula is C25H26N2O7. The van der Waals surface area contributed by atoms with Crippen LogP contribution in [0.2, 0.25) is 0 Å². The third-order valence-electron chi connectivity index (χ3n) is 5.57. The largest absolute Gasteiger partial charge is 0.493 e. The maximum Gasteiger partial charge on any atom is 0.336 e. The molecule has 9 heteroatoms. The number of benzene rings is 1. The first-order valence-corrected chi connectivity index (χ1v) is 10.7. The van der Waals surface area contributed by atoms with E-state index >= 15 is 0 Å². The van der Waals surface area contributed by atoms with Crippen LogP contribution in [0.4, 0.5) is 0 Å². The Kier molecular flexibility index (Phi) is 8.19. The van der Waals surface area contributed by atoms with E-state index in [0.29, 0.717) is 17.2 Å². The predicted octanol–water partition coefficient (Wildman–Crippen LogP) is 3.22. The topological polar surface area (TPSA) is 117 Å². The maximum atomic E-state index is 13.3. The predicted molar refractivity (Wildman–Crippen MR) is 123 cm³/mol. The van der Waals surface area contributed by atoms with E-state index in [2.05, 4.69) is 5.32 Å². The molecule has 0 aromatic heterocycles. The Morgan fingerprint density at radius 3 is 2.56 bits per heavy atom. The lowest BCUT2D eigenvalue weighted by Crippen LogP contribution is -2.36. The third kappa shape index (κ3) is 5.33. The van der Waals surface area contributed by atoms with Crippen molar-refractivity contribution in [2.24, 2.45) is 11.8 Å². The first-order chi connectivity index (χ1) is 16.4. The van der Waals surface area contributed by atoms with Crippen molar-refractivity contribution in [3.8, 4) is 0 Å². The van der Waals surface area contributed by atoms with E-state index in [0.717, 1.165) is 5.56 Å². The summed E-state index contributed by atoms with van der Waals surface area (Å²) in [6.45, 7) is 4.00. The van der Waals surface area contributed by atoms with Crippen molar-refractivity contribution >= 4 is 11.9 Å². The number of carbonyl (C=O) groups is 1. The fraction of sp³-hybridized carbons (Fsp3) is 0.320. The summed E-state index contributed by atoms with van der Waals surface area (Å²) in [5.41, 5.74) is 1.62. The Hall–Kier alpha value is -3.94. The highest BCUT2D eigenvalue weighted by atomic mass is 16.6. The molecule has 1 heterocycles. The summed E-state index contributed by atoms with van der Waals surface area (Å²) in [4.78, 5) is 36.1. The van der Waals surface area contributed by atoms with Crippen LogP contribution in [0, 0.1) is 22.0 Å². The fourth-order valence-corrected chi connectivity index (χ4v) is 4.04. The van der Waals surface area contributed by atoms with E-state index in [4.69, 9.17) is 14.2 Å². The second kappa shape index (κ2) is 11.3. The number of carbonyl (C=O) groups excluding carboxylic acids is 2. The fourth-order valence-electron chi connectivity index (χ4n) is 4.04. The Morgan fingerprint density at radius 1 is 1.18 bits per heavy atom. The number of nitro groups is 1. The Labute approximate surface area is 197 Å². The molecule has 1 N–H and O–H groups in total. The first-order valence-electron chi connectivity index (χ1n) is 10.7. The average Bonchev–Trinajstić information content (AvgIpc) is 2.83. The van der Waals surface area contributed by atoms with Crippen LogP contribution >= 0.6 is 0 Å². The molecule has 1 aromatic carbocycles. The number of dihydropyridines is 1. The van der Waals surface area contributed by atoms with Crippen LogP contribution < -0.4 is 5.32 Å². The SMILES string of the molecule is COCCOC1=C(C)NC(C)=C(C(=O)OCc2ccccc2)C1C1C=CC=C([N+](=O)[O-])C1=C=O. The highest BCUT2D eigenvalue weighted by Crippen LogP contribution is 2.42. The zero-order valence-electron chi connectivity index (χ0n) is 19.2. The number of methoxy groups -OCH3 is 1. The van der Waals surface area contributed by atoms with Crippen LogP contribution in [-0.4, -0.2) is 37.2 Å².